The van der Waals surface area contributed by atoms with Gasteiger partial charge in [-0.2, -0.15) is 0 Å². The number of imidazole rings is 1. The third-order valence-corrected chi connectivity index (χ3v) is 3.80. The van der Waals surface area contributed by atoms with E-state index in [1.807, 2.05) is 60.7 Å². The van der Waals surface area contributed by atoms with Crippen molar-refractivity contribution in [1.29, 1.82) is 0 Å². The van der Waals surface area contributed by atoms with Crippen molar-refractivity contribution in [1.82, 2.24) is 9.97 Å². The molecule has 0 saturated heterocycles. The van der Waals surface area contributed by atoms with Crippen LogP contribution in [-0.4, -0.2) is 20.4 Å². The molecule has 0 unspecified atom stereocenters. The highest BCUT2D eigenvalue weighted by atomic mass is 32.2. The van der Waals surface area contributed by atoms with E-state index in [-0.39, 0.29) is 0 Å². The minimum absolute atomic E-state index is 0.503. The molecule has 0 aliphatic rings. The molecule has 1 aromatic heterocycles. The van der Waals surface area contributed by atoms with Crippen LogP contribution in [0.1, 0.15) is 0 Å². The molecule has 20 heavy (non-hydrogen) atoms. The fraction of sp³-hybridized carbons (Fsp3) is 0.0625. The fourth-order valence-corrected chi connectivity index (χ4v) is 2.57. The van der Waals surface area contributed by atoms with E-state index in [4.69, 9.17) is 0 Å². The van der Waals surface area contributed by atoms with Crippen LogP contribution >= 0.6 is 0 Å². The molecule has 0 spiro atoms. The highest BCUT2D eigenvalue weighted by molar-refractivity contribution is 7.84. The van der Waals surface area contributed by atoms with Crippen LogP contribution < -0.4 is 0 Å². The molecule has 3 nitrogen and oxygen atoms in total. The molecule has 0 amide bonds. The van der Waals surface area contributed by atoms with Crippen LogP contribution in [0.25, 0.3) is 22.5 Å². The van der Waals surface area contributed by atoms with Crippen molar-refractivity contribution in [2.24, 2.45) is 0 Å². The monoisotopic (exact) mass is 282 g/mol. The Bertz CT molecular complexity index is 679. The normalized spacial score (nSPS) is 12.2. The van der Waals surface area contributed by atoms with Crippen LogP contribution in [0.3, 0.4) is 0 Å². The van der Waals surface area contributed by atoms with Gasteiger partial charge in [0.25, 0.3) is 0 Å². The van der Waals surface area contributed by atoms with Crippen molar-refractivity contribution in [3.05, 3.63) is 60.7 Å². The second-order valence-electron chi connectivity index (χ2n) is 4.45. The molecule has 3 aromatic rings. The predicted octanol–water partition coefficient (Wildman–Crippen LogP) is 3.48. The Hall–Kier alpha value is -2.20. The van der Waals surface area contributed by atoms with E-state index in [0.29, 0.717) is 5.16 Å². The lowest BCUT2D eigenvalue weighted by Gasteiger charge is -2.02. The van der Waals surface area contributed by atoms with E-state index >= 15 is 0 Å². The minimum Gasteiger partial charge on any atom is -0.330 e. The summed E-state index contributed by atoms with van der Waals surface area (Å²) in [5, 5.41) is 0.503. The minimum atomic E-state index is -1.13. The SMILES string of the molecule is C[S@@](=O)c1nc(-c2ccccc2)c(-c2ccccc2)[nH]1. The Morgan fingerprint density at radius 3 is 2.00 bits per heavy atom. The lowest BCUT2D eigenvalue weighted by molar-refractivity contribution is 0.681. The van der Waals surface area contributed by atoms with Crippen LogP contribution in [0, 0.1) is 0 Å². The van der Waals surface area contributed by atoms with Gasteiger partial charge in [0.2, 0.25) is 0 Å². The summed E-state index contributed by atoms with van der Waals surface area (Å²) in [5.41, 5.74) is 3.79. The van der Waals surface area contributed by atoms with Crippen molar-refractivity contribution in [3.8, 4) is 22.5 Å². The van der Waals surface area contributed by atoms with Crippen LogP contribution in [0.2, 0.25) is 0 Å². The smallest absolute Gasteiger partial charge is 0.197 e. The van der Waals surface area contributed by atoms with Gasteiger partial charge in [-0.05, 0) is 0 Å². The van der Waals surface area contributed by atoms with Gasteiger partial charge in [-0.15, -0.1) is 0 Å². The van der Waals surface area contributed by atoms with E-state index in [2.05, 4.69) is 9.97 Å². The predicted molar refractivity (Wildman–Crippen MR) is 81.8 cm³/mol. The molecule has 0 saturated carbocycles. The van der Waals surface area contributed by atoms with Crippen LogP contribution in [0.5, 0.6) is 0 Å². The first-order valence-corrected chi connectivity index (χ1v) is 7.86. The van der Waals surface area contributed by atoms with E-state index < -0.39 is 10.8 Å². The Kier molecular flexibility index (Phi) is 3.48. The summed E-state index contributed by atoms with van der Waals surface area (Å²) in [4.78, 5) is 7.69. The molecule has 1 atom stereocenters. The third-order valence-electron chi connectivity index (χ3n) is 3.06. The molecule has 100 valence electrons. The summed E-state index contributed by atoms with van der Waals surface area (Å²) in [7, 11) is -1.13. The average molecular weight is 282 g/mol. The highest BCUT2D eigenvalue weighted by Gasteiger charge is 2.15. The highest BCUT2D eigenvalue weighted by Crippen LogP contribution is 2.30. The third kappa shape index (κ3) is 2.42. The summed E-state index contributed by atoms with van der Waals surface area (Å²) in [6.07, 6.45) is 1.63. The first kappa shape index (κ1) is 12.8. The first-order valence-electron chi connectivity index (χ1n) is 6.30. The Labute approximate surface area is 120 Å². The molecule has 4 heteroatoms. The summed E-state index contributed by atoms with van der Waals surface area (Å²) < 4.78 is 11.7. The Morgan fingerprint density at radius 2 is 1.45 bits per heavy atom. The molecule has 0 aliphatic heterocycles. The second-order valence-corrected chi connectivity index (χ2v) is 5.75. The number of benzene rings is 2. The zero-order chi connectivity index (χ0) is 13.9. The molecule has 3 rings (SSSR count). The molecular formula is C16H14N2OS. The fourth-order valence-electron chi connectivity index (χ4n) is 2.11. The molecular weight excluding hydrogens is 268 g/mol. The number of nitrogens with zero attached hydrogens (tertiary/aromatic N) is 1. The van der Waals surface area contributed by atoms with Gasteiger partial charge >= 0.3 is 0 Å². The molecule has 0 bridgehead atoms. The van der Waals surface area contributed by atoms with E-state index in [1.165, 1.54) is 0 Å². The van der Waals surface area contributed by atoms with Crippen LogP contribution in [0.15, 0.2) is 65.8 Å². The van der Waals surface area contributed by atoms with Gasteiger partial charge in [-0.1, -0.05) is 60.7 Å². The zero-order valence-electron chi connectivity index (χ0n) is 11.0. The second kappa shape index (κ2) is 5.43. The summed E-state index contributed by atoms with van der Waals surface area (Å²) in [6, 6.07) is 19.9. The van der Waals surface area contributed by atoms with Gasteiger partial charge in [-0.25, -0.2) is 4.98 Å². The Morgan fingerprint density at radius 1 is 0.900 bits per heavy atom. The number of H-pyrrole nitrogens is 1. The topological polar surface area (TPSA) is 45.8 Å². The summed E-state index contributed by atoms with van der Waals surface area (Å²) in [5.74, 6) is 0. The van der Waals surface area contributed by atoms with Crippen LogP contribution in [-0.2, 0) is 10.8 Å². The molecule has 1 N–H and O–H groups in total. The molecule has 2 aromatic carbocycles. The number of rotatable bonds is 3. The standard InChI is InChI=1S/C16H14N2OS/c1-20(19)16-17-14(12-8-4-2-5-9-12)15(18-16)13-10-6-3-7-11-13/h2-11H,1H3,(H,17,18)/t20-/m1/s1. The summed E-state index contributed by atoms with van der Waals surface area (Å²) in [6.45, 7) is 0. The quantitative estimate of drug-likeness (QED) is 0.799. The lowest BCUT2D eigenvalue weighted by Crippen LogP contribution is -1.89. The van der Waals surface area contributed by atoms with Crippen molar-refractivity contribution in [3.63, 3.8) is 0 Å². The van der Waals surface area contributed by atoms with Gasteiger partial charge < -0.3 is 4.98 Å². The molecule has 0 radical (unpaired) electrons. The Balaban J connectivity index is 2.20. The number of aromatic amines is 1. The van der Waals surface area contributed by atoms with Crippen molar-refractivity contribution >= 4 is 10.8 Å². The van der Waals surface area contributed by atoms with E-state index in [0.717, 1.165) is 22.5 Å². The molecule has 0 aliphatic carbocycles. The maximum absolute atomic E-state index is 11.7. The van der Waals surface area contributed by atoms with E-state index in [1.54, 1.807) is 6.26 Å². The van der Waals surface area contributed by atoms with Gasteiger partial charge in [-0.3, -0.25) is 4.21 Å². The number of hydrogen-bond donors (Lipinski definition) is 1. The lowest BCUT2D eigenvalue weighted by atomic mass is 10.1. The van der Waals surface area contributed by atoms with Crippen molar-refractivity contribution in [2.75, 3.05) is 6.26 Å². The number of hydrogen-bond acceptors (Lipinski definition) is 2. The maximum atomic E-state index is 11.7. The summed E-state index contributed by atoms with van der Waals surface area (Å²) >= 11 is 0. The number of aromatic nitrogens is 2. The van der Waals surface area contributed by atoms with Crippen molar-refractivity contribution < 1.29 is 4.21 Å². The molecule has 1 heterocycles. The van der Waals surface area contributed by atoms with Gasteiger partial charge in [0.15, 0.2) is 5.16 Å². The first-order chi connectivity index (χ1) is 9.75. The van der Waals surface area contributed by atoms with Crippen LogP contribution in [0.4, 0.5) is 0 Å². The number of nitrogens with one attached hydrogen (secondary N) is 1. The zero-order valence-corrected chi connectivity index (χ0v) is 11.9. The molecule has 0 fully saturated rings. The van der Waals surface area contributed by atoms with Gasteiger partial charge in [0.05, 0.1) is 22.2 Å². The maximum Gasteiger partial charge on any atom is 0.197 e. The van der Waals surface area contributed by atoms with Gasteiger partial charge in [0.1, 0.15) is 0 Å². The average Bonchev–Trinajstić information content (AvgIpc) is 2.94. The van der Waals surface area contributed by atoms with Crippen molar-refractivity contribution in [2.45, 2.75) is 5.16 Å². The van der Waals surface area contributed by atoms with E-state index in [9.17, 15) is 4.21 Å². The van der Waals surface area contributed by atoms with Gasteiger partial charge in [0, 0.05) is 17.4 Å². The largest absolute Gasteiger partial charge is 0.330 e.